The first-order chi connectivity index (χ1) is 23.0. The van der Waals surface area contributed by atoms with Crippen molar-refractivity contribution in [1.82, 2.24) is 0 Å². The van der Waals surface area contributed by atoms with Crippen LogP contribution in [0.5, 0.6) is 0 Å². The Morgan fingerprint density at radius 2 is 1.11 bits per heavy atom. The molecule has 0 aliphatic carbocycles. The molecule has 2 N–H and O–H groups in total. The second-order valence-corrected chi connectivity index (χ2v) is 12.9. The van der Waals surface area contributed by atoms with Crippen molar-refractivity contribution in [3.63, 3.8) is 0 Å². The van der Waals surface area contributed by atoms with Crippen molar-refractivity contribution >= 4 is 11.9 Å². The molecule has 0 aliphatic heterocycles. The lowest BCUT2D eigenvalue weighted by Crippen LogP contribution is -2.28. The molecule has 0 fully saturated rings. The van der Waals surface area contributed by atoms with Gasteiger partial charge in [-0.25, -0.2) is 0 Å². The molecular weight excluding hydrogens is 588 g/mol. The van der Waals surface area contributed by atoms with Gasteiger partial charge in [0.05, 0.1) is 12.7 Å². The molecule has 0 saturated carbocycles. The number of hydrogen-bond acceptors (Lipinski definition) is 6. The number of allylic oxidation sites excluding steroid dienone is 7. The van der Waals surface area contributed by atoms with E-state index in [1.165, 1.54) is 96.3 Å². The van der Waals surface area contributed by atoms with E-state index in [1.807, 2.05) is 18.2 Å². The Morgan fingerprint density at radius 1 is 0.596 bits per heavy atom. The molecule has 0 aromatic heterocycles. The van der Waals surface area contributed by atoms with Gasteiger partial charge in [0, 0.05) is 12.8 Å². The van der Waals surface area contributed by atoms with Crippen LogP contribution in [-0.4, -0.2) is 47.6 Å². The molecule has 0 rings (SSSR count). The van der Waals surface area contributed by atoms with E-state index in [0.717, 1.165) is 38.5 Å². The SMILES string of the molecule is CCCCC/C=C\C/C=C\C/C=C\C=C\[C@@H](O)CCCC(=O)OC[C@H](CO)OC(=O)CCCCCCCCCCCCCCCCC. The largest absolute Gasteiger partial charge is 0.462 e. The van der Waals surface area contributed by atoms with Crippen molar-refractivity contribution in [3.8, 4) is 0 Å². The lowest BCUT2D eigenvalue weighted by molar-refractivity contribution is -0.161. The van der Waals surface area contributed by atoms with Gasteiger partial charge in [0.1, 0.15) is 6.61 Å². The van der Waals surface area contributed by atoms with Crippen molar-refractivity contribution in [3.05, 3.63) is 48.6 Å². The second kappa shape index (κ2) is 36.7. The Bertz CT molecular complexity index is 815. The summed E-state index contributed by atoms with van der Waals surface area (Å²) in [5.41, 5.74) is 0. The maximum absolute atomic E-state index is 12.2. The molecule has 6 nitrogen and oxygen atoms in total. The molecule has 0 aromatic carbocycles. The average Bonchev–Trinajstić information content (AvgIpc) is 3.06. The maximum atomic E-state index is 12.2. The molecule has 272 valence electrons. The fourth-order valence-electron chi connectivity index (χ4n) is 5.24. The summed E-state index contributed by atoms with van der Waals surface area (Å²) in [5.74, 6) is -0.791. The zero-order chi connectivity index (χ0) is 34.5. The number of aliphatic hydroxyl groups is 2. The van der Waals surface area contributed by atoms with Gasteiger partial charge in [-0.1, -0.05) is 165 Å². The van der Waals surface area contributed by atoms with E-state index in [0.29, 0.717) is 19.3 Å². The minimum absolute atomic E-state index is 0.156. The fourth-order valence-corrected chi connectivity index (χ4v) is 5.24. The predicted octanol–water partition coefficient (Wildman–Crippen LogP) is 10.8. The van der Waals surface area contributed by atoms with Crippen LogP contribution in [-0.2, 0) is 19.1 Å². The minimum atomic E-state index is -0.843. The molecule has 0 spiro atoms. The van der Waals surface area contributed by atoms with Crippen molar-refractivity contribution in [1.29, 1.82) is 0 Å². The van der Waals surface area contributed by atoms with Crippen molar-refractivity contribution in [2.75, 3.05) is 13.2 Å². The Kier molecular flexibility index (Phi) is 35.0. The fraction of sp³-hybridized carbons (Fsp3) is 0.756. The number of esters is 2. The van der Waals surface area contributed by atoms with E-state index in [9.17, 15) is 19.8 Å². The Hall–Kier alpha value is -2.18. The third-order valence-corrected chi connectivity index (χ3v) is 8.23. The molecule has 0 aliphatic rings. The monoisotopic (exact) mass is 661 g/mol. The zero-order valence-corrected chi connectivity index (χ0v) is 30.4. The summed E-state index contributed by atoms with van der Waals surface area (Å²) in [6.45, 7) is 3.94. The van der Waals surface area contributed by atoms with Crippen LogP contribution < -0.4 is 0 Å². The minimum Gasteiger partial charge on any atom is -0.462 e. The van der Waals surface area contributed by atoms with Crippen molar-refractivity contribution in [2.24, 2.45) is 0 Å². The van der Waals surface area contributed by atoms with E-state index in [2.05, 4.69) is 38.2 Å². The van der Waals surface area contributed by atoms with E-state index >= 15 is 0 Å². The van der Waals surface area contributed by atoms with Gasteiger partial charge < -0.3 is 19.7 Å². The molecule has 0 aromatic rings. The molecule has 0 unspecified atom stereocenters. The number of rotatable bonds is 34. The van der Waals surface area contributed by atoms with Crippen LogP contribution in [0, 0.1) is 0 Å². The van der Waals surface area contributed by atoms with Gasteiger partial charge in [-0.15, -0.1) is 0 Å². The first-order valence-corrected chi connectivity index (χ1v) is 19.3. The van der Waals surface area contributed by atoms with Gasteiger partial charge >= 0.3 is 11.9 Å². The lowest BCUT2D eigenvalue weighted by Gasteiger charge is -2.16. The van der Waals surface area contributed by atoms with Crippen molar-refractivity contribution < 1.29 is 29.3 Å². The van der Waals surface area contributed by atoms with Gasteiger partial charge in [0.25, 0.3) is 0 Å². The molecular formula is C41H72O6. The summed E-state index contributed by atoms with van der Waals surface area (Å²) in [6.07, 6.45) is 42.0. The molecule has 0 radical (unpaired) electrons. The highest BCUT2D eigenvalue weighted by atomic mass is 16.6. The topological polar surface area (TPSA) is 93.1 Å². The number of unbranched alkanes of at least 4 members (excludes halogenated alkanes) is 17. The van der Waals surface area contributed by atoms with E-state index in [-0.39, 0.29) is 25.6 Å². The normalized spacial score (nSPS) is 13.4. The highest BCUT2D eigenvalue weighted by Gasteiger charge is 2.16. The quantitative estimate of drug-likeness (QED) is 0.0309. The van der Waals surface area contributed by atoms with Gasteiger partial charge in [-0.3, -0.25) is 9.59 Å². The predicted molar refractivity (Wildman–Crippen MR) is 197 cm³/mol. The molecule has 47 heavy (non-hydrogen) atoms. The number of carbonyl (C=O) groups is 2. The standard InChI is InChI=1S/C41H72O6/c1-3-5-7-9-11-13-15-17-18-20-22-24-26-28-30-34-41(45)47-39(36-42)37-46-40(44)35-31-33-38(43)32-29-27-25-23-21-19-16-14-12-10-8-6-4-2/h12,14,19,21,25,27,29,32,38-39,42-43H,3-11,13,15-18,20,22-24,26,28,30-31,33-37H2,1-2H3/b14-12-,21-19-,27-25-,32-29+/t38-,39+/m1/s1. The van der Waals surface area contributed by atoms with Crippen LogP contribution in [0.15, 0.2) is 48.6 Å². The van der Waals surface area contributed by atoms with Crippen LogP contribution >= 0.6 is 0 Å². The summed E-state index contributed by atoms with van der Waals surface area (Å²) < 4.78 is 10.5. The summed E-state index contributed by atoms with van der Waals surface area (Å²) in [7, 11) is 0. The van der Waals surface area contributed by atoms with Gasteiger partial charge in [-0.05, 0) is 44.9 Å². The number of carbonyl (C=O) groups excluding carboxylic acids is 2. The van der Waals surface area contributed by atoms with Crippen LogP contribution in [0.3, 0.4) is 0 Å². The smallest absolute Gasteiger partial charge is 0.306 e. The van der Waals surface area contributed by atoms with Crippen LogP contribution in [0.2, 0.25) is 0 Å². The first-order valence-electron chi connectivity index (χ1n) is 19.3. The Balaban J connectivity index is 3.76. The van der Waals surface area contributed by atoms with E-state index < -0.39 is 18.2 Å². The molecule has 6 heteroatoms. The zero-order valence-electron chi connectivity index (χ0n) is 30.4. The van der Waals surface area contributed by atoms with Crippen molar-refractivity contribution in [2.45, 2.75) is 187 Å². The van der Waals surface area contributed by atoms with E-state index in [4.69, 9.17) is 9.47 Å². The van der Waals surface area contributed by atoms with Crippen LogP contribution in [0.1, 0.15) is 174 Å². The number of ether oxygens (including phenoxy) is 2. The summed E-state index contributed by atoms with van der Waals surface area (Å²) >= 11 is 0. The summed E-state index contributed by atoms with van der Waals surface area (Å²) in [4.78, 5) is 24.2. The Morgan fingerprint density at radius 3 is 1.70 bits per heavy atom. The molecule has 0 amide bonds. The third-order valence-electron chi connectivity index (χ3n) is 8.23. The van der Waals surface area contributed by atoms with Gasteiger partial charge in [0.2, 0.25) is 0 Å². The Labute approximate surface area is 289 Å². The third kappa shape index (κ3) is 35.0. The lowest BCUT2D eigenvalue weighted by atomic mass is 10.0. The number of hydrogen-bond donors (Lipinski definition) is 2. The van der Waals surface area contributed by atoms with Crippen LogP contribution in [0.4, 0.5) is 0 Å². The maximum Gasteiger partial charge on any atom is 0.306 e. The van der Waals surface area contributed by atoms with E-state index in [1.54, 1.807) is 6.08 Å². The number of aliphatic hydroxyl groups excluding tert-OH is 2. The summed E-state index contributed by atoms with van der Waals surface area (Å²) in [5, 5.41) is 19.7. The van der Waals surface area contributed by atoms with Crippen LogP contribution in [0.25, 0.3) is 0 Å². The summed E-state index contributed by atoms with van der Waals surface area (Å²) in [6, 6.07) is 0. The molecule has 0 saturated heterocycles. The first kappa shape index (κ1) is 44.8. The van der Waals surface area contributed by atoms with Gasteiger partial charge in [-0.2, -0.15) is 0 Å². The highest BCUT2D eigenvalue weighted by Crippen LogP contribution is 2.14. The highest BCUT2D eigenvalue weighted by molar-refractivity contribution is 5.70. The molecule has 2 atom stereocenters. The van der Waals surface area contributed by atoms with Gasteiger partial charge in [0.15, 0.2) is 6.10 Å². The molecule has 0 heterocycles. The average molecular weight is 661 g/mol. The second-order valence-electron chi connectivity index (χ2n) is 12.9. The molecule has 0 bridgehead atoms.